The molecule has 2 aliphatic rings. The second-order valence-electron chi connectivity index (χ2n) is 9.49. The Labute approximate surface area is 215 Å². The molecule has 0 radical (unpaired) electrons. The lowest BCUT2D eigenvalue weighted by Gasteiger charge is -2.34. The second kappa shape index (κ2) is 11.1. The van der Waals surface area contributed by atoms with Crippen LogP contribution in [0.25, 0.3) is 11.0 Å². The third kappa shape index (κ3) is 5.51. The molecule has 2 N–H and O–H groups in total. The number of nitrogens with zero attached hydrogens (tertiary/aromatic N) is 6. The SMILES string of the molecule is CCOCCc1cc2cnc(Nc3ccc(N4CCN(C(=O)O)CC4)cn3)nc2n(C2CCCC2)c1=O. The Kier molecular flexibility index (Phi) is 7.50. The van der Waals surface area contributed by atoms with Crippen LogP contribution in [-0.2, 0) is 11.2 Å². The monoisotopic (exact) mass is 507 g/mol. The molecule has 3 aromatic rings. The molecule has 1 saturated carbocycles. The van der Waals surface area contributed by atoms with E-state index in [1.165, 1.54) is 4.90 Å². The van der Waals surface area contributed by atoms with Crippen LogP contribution in [0.5, 0.6) is 0 Å². The second-order valence-corrected chi connectivity index (χ2v) is 9.49. The predicted octanol–water partition coefficient (Wildman–Crippen LogP) is 3.42. The van der Waals surface area contributed by atoms with Crippen LogP contribution < -0.4 is 15.8 Å². The molecule has 0 spiro atoms. The normalized spacial score (nSPS) is 16.5. The molecule has 0 atom stereocenters. The number of carbonyl (C=O) groups is 1. The van der Waals surface area contributed by atoms with Gasteiger partial charge in [0.2, 0.25) is 5.95 Å². The fourth-order valence-electron chi connectivity index (χ4n) is 5.16. The Morgan fingerprint density at radius 3 is 2.59 bits per heavy atom. The van der Waals surface area contributed by atoms with Crippen molar-refractivity contribution in [3.05, 3.63) is 46.5 Å². The number of pyridine rings is 2. The number of piperazine rings is 1. The third-order valence-electron chi connectivity index (χ3n) is 7.16. The summed E-state index contributed by atoms with van der Waals surface area (Å²) in [5.74, 6) is 0.978. The maximum Gasteiger partial charge on any atom is 0.407 e. The molecule has 196 valence electrons. The number of amides is 1. The summed E-state index contributed by atoms with van der Waals surface area (Å²) in [7, 11) is 0. The molecule has 1 aliphatic carbocycles. The van der Waals surface area contributed by atoms with Crippen molar-refractivity contribution in [2.75, 3.05) is 49.6 Å². The van der Waals surface area contributed by atoms with E-state index in [2.05, 4.69) is 20.2 Å². The molecule has 0 bridgehead atoms. The van der Waals surface area contributed by atoms with Crippen molar-refractivity contribution in [3.8, 4) is 0 Å². The van der Waals surface area contributed by atoms with Gasteiger partial charge >= 0.3 is 6.09 Å². The van der Waals surface area contributed by atoms with Crippen molar-refractivity contribution < 1.29 is 14.6 Å². The topological polar surface area (TPSA) is 126 Å². The van der Waals surface area contributed by atoms with Gasteiger partial charge in [-0.15, -0.1) is 0 Å². The lowest BCUT2D eigenvalue weighted by atomic mass is 10.1. The first kappa shape index (κ1) is 24.9. The summed E-state index contributed by atoms with van der Waals surface area (Å²) in [6.45, 7) is 5.27. The van der Waals surface area contributed by atoms with Crippen LogP contribution in [0.2, 0.25) is 0 Å². The highest BCUT2D eigenvalue weighted by Gasteiger charge is 2.23. The molecule has 4 heterocycles. The summed E-state index contributed by atoms with van der Waals surface area (Å²) in [5, 5.41) is 13.1. The molecule has 1 aliphatic heterocycles. The van der Waals surface area contributed by atoms with Crippen molar-refractivity contribution in [1.29, 1.82) is 0 Å². The lowest BCUT2D eigenvalue weighted by molar-refractivity contribution is 0.142. The fourth-order valence-corrected chi connectivity index (χ4v) is 5.16. The van der Waals surface area contributed by atoms with E-state index in [0.717, 1.165) is 42.3 Å². The molecule has 1 amide bonds. The molecule has 0 unspecified atom stereocenters. The van der Waals surface area contributed by atoms with Gasteiger partial charge in [0.25, 0.3) is 5.56 Å². The van der Waals surface area contributed by atoms with Gasteiger partial charge < -0.3 is 25.0 Å². The van der Waals surface area contributed by atoms with Gasteiger partial charge in [-0.25, -0.2) is 14.8 Å². The van der Waals surface area contributed by atoms with Gasteiger partial charge in [0.15, 0.2) is 0 Å². The van der Waals surface area contributed by atoms with Crippen LogP contribution in [0.4, 0.5) is 22.2 Å². The summed E-state index contributed by atoms with van der Waals surface area (Å²) in [6, 6.07) is 5.84. The highest BCUT2D eigenvalue weighted by Crippen LogP contribution is 2.31. The zero-order valence-corrected chi connectivity index (χ0v) is 21.1. The van der Waals surface area contributed by atoms with Gasteiger partial charge in [-0.1, -0.05) is 12.8 Å². The Morgan fingerprint density at radius 1 is 1.14 bits per heavy atom. The largest absolute Gasteiger partial charge is 0.465 e. The van der Waals surface area contributed by atoms with Crippen molar-refractivity contribution in [3.63, 3.8) is 0 Å². The number of ether oxygens (including phenoxy) is 1. The minimum Gasteiger partial charge on any atom is -0.465 e. The van der Waals surface area contributed by atoms with Crippen LogP contribution in [0.3, 0.4) is 0 Å². The zero-order valence-electron chi connectivity index (χ0n) is 21.1. The molecule has 1 saturated heterocycles. The van der Waals surface area contributed by atoms with E-state index >= 15 is 0 Å². The molecular weight excluding hydrogens is 474 g/mol. The summed E-state index contributed by atoms with van der Waals surface area (Å²) in [6.07, 6.45) is 7.37. The van der Waals surface area contributed by atoms with Crippen LogP contribution in [0.15, 0.2) is 35.4 Å². The number of hydrogen-bond acceptors (Lipinski definition) is 8. The summed E-state index contributed by atoms with van der Waals surface area (Å²) < 4.78 is 7.36. The van der Waals surface area contributed by atoms with Crippen LogP contribution in [0, 0.1) is 0 Å². The van der Waals surface area contributed by atoms with Crippen LogP contribution >= 0.6 is 0 Å². The minimum atomic E-state index is -0.882. The van der Waals surface area contributed by atoms with Gasteiger partial charge in [0.05, 0.1) is 18.5 Å². The third-order valence-corrected chi connectivity index (χ3v) is 7.16. The highest BCUT2D eigenvalue weighted by atomic mass is 16.5. The molecule has 37 heavy (non-hydrogen) atoms. The summed E-state index contributed by atoms with van der Waals surface area (Å²) in [5.41, 5.74) is 2.32. The molecular formula is C26H33N7O4. The van der Waals surface area contributed by atoms with E-state index < -0.39 is 6.09 Å². The van der Waals surface area contributed by atoms with Gasteiger partial charge in [-0.3, -0.25) is 9.36 Å². The molecule has 0 aromatic carbocycles. The maximum absolute atomic E-state index is 13.5. The van der Waals surface area contributed by atoms with E-state index in [1.807, 2.05) is 29.7 Å². The average molecular weight is 508 g/mol. The molecule has 3 aromatic heterocycles. The highest BCUT2D eigenvalue weighted by molar-refractivity contribution is 5.76. The predicted molar refractivity (Wildman–Crippen MR) is 141 cm³/mol. The summed E-state index contributed by atoms with van der Waals surface area (Å²) in [4.78, 5) is 41.9. The first-order chi connectivity index (χ1) is 18.0. The molecule has 2 fully saturated rings. The minimum absolute atomic E-state index is 0.00854. The van der Waals surface area contributed by atoms with Gasteiger partial charge in [-0.2, -0.15) is 4.98 Å². The van der Waals surface area contributed by atoms with Gasteiger partial charge in [-0.05, 0) is 38.0 Å². The number of fused-ring (bicyclic) bond motifs is 1. The van der Waals surface area contributed by atoms with Crippen LogP contribution in [-0.4, -0.2) is 75.0 Å². The van der Waals surface area contributed by atoms with Crippen molar-refractivity contribution >= 4 is 34.6 Å². The number of anilines is 3. The summed E-state index contributed by atoms with van der Waals surface area (Å²) >= 11 is 0. The number of carboxylic acid groups (broad SMARTS) is 1. The average Bonchev–Trinajstić information content (AvgIpc) is 3.44. The smallest absolute Gasteiger partial charge is 0.407 e. The first-order valence-electron chi connectivity index (χ1n) is 13.0. The Morgan fingerprint density at radius 2 is 1.92 bits per heavy atom. The molecule has 11 nitrogen and oxygen atoms in total. The fraction of sp³-hybridized carbons (Fsp3) is 0.500. The Bertz CT molecular complexity index is 1300. The molecule has 5 rings (SSSR count). The van der Waals surface area contributed by atoms with Gasteiger partial charge in [0.1, 0.15) is 11.5 Å². The zero-order chi connectivity index (χ0) is 25.8. The molecule has 11 heteroatoms. The van der Waals surface area contributed by atoms with Crippen LogP contribution in [0.1, 0.15) is 44.2 Å². The Hall–Kier alpha value is -3.73. The number of rotatable bonds is 8. The van der Waals surface area contributed by atoms with Gasteiger partial charge in [0, 0.05) is 62.4 Å². The number of hydrogen-bond donors (Lipinski definition) is 2. The van der Waals surface area contributed by atoms with E-state index in [4.69, 9.17) is 14.8 Å². The standard InChI is InChI=1S/C26H33N7O4/c1-2-37-14-9-18-15-19-16-28-25(30-23(19)33(24(18)34)20-5-3-4-6-20)29-22-8-7-21(17-27-22)31-10-12-32(13-11-31)26(35)36/h7-8,15-17,20H,2-6,9-14H2,1H3,(H,35,36)(H,27,28,29,30). The van der Waals surface area contributed by atoms with Crippen molar-refractivity contribution in [2.24, 2.45) is 0 Å². The van der Waals surface area contributed by atoms with E-state index in [0.29, 0.717) is 63.2 Å². The maximum atomic E-state index is 13.5. The van der Waals surface area contributed by atoms with E-state index in [-0.39, 0.29) is 11.6 Å². The number of nitrogens with one attached hydrogen (secondary N) is 1. The van der Waals surface area contributed by atoms with Crippen molar-refractivity contribution in [1.82, 2.24) is 24.4 Å². The van der Waals surface area contributed by atoms with Crippen molar-refractivity contribution in [2.45, 2.75) is 45.1 Å². The lowest BCUT2D eigenvalue weighted by Crippen LogP contribution is -2.48. The van der Waals surface area contributed by atoms with E-state index in [1.54, 1.807) is 12.4 Å². The first-order valence-corrected chi connectivity index (χ1v) is 13.0. The Balaban J connectivity index is 1.36. The quantitative estimate of drug-likeness (QED) is 0.441. The number of aromatic nitrogens is 4. The van der Waals surface area contributed by atoms with E-state index in [9.17, 15) is 9.59 Å².